The topological polar surface area (TPSA) is 87.8 Å². The van der Waals surface area contributed by atoms with Crippen LogP contribution in [0.25, 0.3) is 5.69 Å². The summed E-state index contributed by atoms with van der Waals surface area (Å²) in [6, 6.07) is 19.4. The van der Waals surface area contributed by atoms with E-state index in [1.165, 1.54) is 22.4 Å². The number of nitrogens with one attached hydrogen (secondary N) is 1. The van der Waals surface area contributed by atoms with E-state index in [4.69, 9.17) is 5.26 Å². The van der Waals surface area contributed by atoms with Crippen LogP contribution in [0.1, 0.15) is 11.3 Å². The van der Waals surface area contributed by atoms with Crippen molar-refractivity contribution in [3.63, 3.8) is 0 Å². The number of aryl methyl sites for hydroxylation is 1. The maximum absolute atomic E-state index is 12.5. The minimum absolute atomic E-state index is 0.0580. The number of carbonyl (C=O) groups is 1. The van der Waals surface area contributed by atoms with Gasteiger partial charge < -0.3 is 5.32 Å². The lowest BCUT2D eigenvalue weighted by atomic mass is 10.2. The van der Waals surface area contributed by atoms with Crippen LogP contribution in [-0.4, -0.2) is 21.2 Å². The van der Waals surface area contributed by atoms with Crippen LogP contribution in [0.3, 0.4) is 0 Å². The molecule has 0 aliphatic carbocycles. The van der Waals surface area contributed by atoms with Crippen molar-refractivity contribution in [3.05, 3.63) is 82.3 Å². The van der Waals surface area contributed by atoms with Crippen LogP contribution in [0.5, 0.6) is 0 Å². The minimum atomic E-state index is -0.280. The highest BCUT2D eigenvalue weighted by molar-refractivity contribution is 7.99. The van der Waals surface area contributed by atoms with Gasteiger partial charge in [-0.25, -0.2) is 4.98 Å². The van der Waals surface area contributed by atoms with Gasteiger partial charge in [-0.15, -0.1) is 0 Å². The maximum atomic E-state index is 12.5. The summed E-state index contributed by atoms with van der Waals surface area (Å²) in [5.74, 6) is -0.222. The monoisotopic (exact) mass is 376 g/mol. The number of thioether (sulfide) groups is 1. The van der Waals surface area contributed by atoms with E-state index in [0.29, 0.717) is 27.8 Å². The molecule has 3 rings (SSSR count). The zero-order chi connectivity index (χ0) is 19.2. The molecule has 1 N–H and O–H groups in total. The smallest absolute Gasteiger partial charge is 0.258 e. The zero-order valence-electron chi connectivity index (χ0n) is 14.5. The Kier molecular flexibility index (Phi) is 5.69. The molecule has 27 heavy (non-hydrogen) atoms. The van der Waals surface area contributed by atoms with Crippen molar-refractivity contribution in [1.82, 2.24) is 9.55 Å². The number of rotatable bonds is 5. The number of aromatic nitrogens is 2. The molecule has 0 aliphatic heterocycles. The molecule has 1 amide bonds. The largest absolute Gasteiger partial charge is 0.324 e. The number of amides is 1. The number of nitriles is 1. The van der Waals surface area contributed by atoms with E-state index in [9.17, 15) is 9.59 Å². The predicted octanol–water partition coefficient (Wildman–Crippen LogP) is 3.14. The van der Waals surface area contributed by atoms with E-state index in [1.54, 1.807) is 31.2 Å². The molecule has 0 atom stereocenters. The summed E-state index contributed by atoms with van der Waals surface area (Å²) in [7, 11) is 0. The van der Waals surface area contributed by atoms with Gasteiger partial charge in [0.1, 0.15) is 6.07 Å². The fraction of sp³-hybridized carbons (Fsp3) is 0.100. The molecule has 0 radical (unpaired) electrons. The first-order chi connectivity index (χ1) is 13.1. The van der Waals surface area contributed by atoms with Crippen molar-refractivity contribution < 1.29 is 4.79 Å². The molecular weight excluding hydrogens is 360 g/mol. The fourth-order valence-corrected chi connectivity index (χ4v) is 3.35. The Morgan fingerprint density at radius 3 is 2.63 bits per heavy atom. The van der Waals surface area contributed by atoms with E-state index in [2.05, 4.69) is 10.3 Å². The molecule has 0 bridgehead atoms. The maximum Gasteiger partial charge on any atom is 0.258 e. The van der Waals surface area contributed by atoms with Crippen LogP contribution in [0.15, 0.2) is 70.6 Å². The van der Waals surface area contributed by atoms with Crippen LogP contribution < -0.4 is 10.9 Å². The molecule has 1 heterocycles. The number of nitrogens with zero attached hydrogens (tertiary/aromatic N) is 3. The van der Waals surface area contributed by atoms with Gasteiger partial charge in [0.2, 0.25) is 5.91 Å². The first-order valence-electron chi connectivity index (χ1n) is 8.16. The lowest BCUT2D eigenvalue weighted by Crippen LogP contribution is -2.22. The Hall–Kier alpha value is -3.37. The third-order valence-electron chi connectivity index (χ3n) is 3.68. The molecule has 7 heteroatoms. The summed E-state index contributed by atoms with van der Waals surface area (Å²) in [5, 5.41) is 12.3. The van der Waals surface area contributed by atoms with E-state index < -0.39 is 0 Å². The van der Waals surface area contributed by atoms with Crippen molar-refractivity contribution in [1.29, 1.82) is 5.26 Å². The Labute approximate surface area is 160 Å². The first-order valence-corrected chi connectivity index (χ1v) is 9.15. The number of anilines is 1. The summed E-state index contributed by atoms with van der Waals surface area (Å²) >= 11 is 1.17. The normalized spacial score (nSPS) is 10.2. The van der Waals surface area contributed by atoms with Gasteiger partial charge in [0, 0.05) is 11.8 Å². The molecular formula is C20H16N4O2S. The molecule has 0 unspecified atom stereocenters. The highest BCUT2D eigenvalue weighted by atomic mass is 32.2. The number of benzene rings is 2. The van der Waals surface area contributed by atoms with E-state index >= 15 is 0 Å². The van der Waals surface area contributed by atoms with E-state index in [-0.39, 0.29) is 17.2 Å². The predicted molar refractivity (Wildman–Crippen MR) is 105 cm³/mol. The molecule has 0 saturated carbocycles. The van der Waals surface area contributed by atoms with Crippen molar-refractivity contribution in [2.75, 3.05) is 11.1 Å². The summed E-state index contributed by atoms with van der Waals surface area (Å²) in [4.78, 5) is 29.2. The summed E-state index contributed by atoms with van der Waals surface area (Å²) in [6.45, 7) is 1.74. The Balaban J connectivity index is 1.81. The van der Waals surface area contributed by atoms with E-state index in [1.807, 2.05) is 36.4 Å². The average Bonchev–Trinajstić information content (AvgIpc) is 2.67. The second-order valence-corrected chi connectivity index (χ2v) is 6.63. The lowest BCUT2D eigenvalue weighted by molar-refractivity contribution is -0.113. The van der Waals surface area contributed by atoms with Crippen LogP contribution >= 0.6 is 11.8 Å². The Morgan fingerprint density at radius 2 is 1.89 bits per heavy atom. The van der Waals surface area contributed by atoms with Crippen molar-refractivity contribution in [2.24, 2.45) is 0 Å². The van der Waals surface area contributed by atoms with Gasteiger partial charge >= 0.3 is 0 Å². The zero-order valence-corrected chi connectivity index (χ0v) is 15.4. The van der Waals surface area contributed by atoms with Gasteiger partial charge in [-0.1, -0.05) is 42.1 Å². The first kappa shape index (κ1) is 18.4. The minimum Gasteiger partial charge on any atom is -0.324 e. The Morgan fingerprint density at radius 1 is 1.19 bits per heavy atom. The summed E-state index contributed by atoms with van der Waals surface area (Å²) < 4.78 is 1.48. The summed E-state index contributed by atoms with van der Waals surface area (Å²) in [6.07, 6.45) is 0. The molecule has 134 valence electrons. The van der Waals surface area contributed by atoms with Crippen LogP contribution in [0, 0.1) is 18.3 Å². The van der Waals surface area contributed by atoms with E-state index in [0.717, 1.165) is 0 Å². The molecule has 1 aromatic heterocycles. The molecule has 3 aromatic rings. The van der Waals surface area contributed by atoms with Crippen LogP contribution in [-0.2, 0) is 4.79 Å². The summed E-state index contributed by atoms with van der Waals surface area (Å²) in [5.41, 5.74) is 1.93. The van der Waals surface area contributed by atoms with Crippen molar-refractivity contribution in [2.45, 2.75) is 12.1 Å². The van der Waals surface area contributed by atoms with Gasteiger partial charge in [0.15, 0.2) is 5.16 Å². The number of carbonyl (C=O) groups excluding carboxylic acids is 1. The molecule has 2 aromatic carbocycles. The number of hydrogen-bond acceptors (Lipinski definition) is 5. The van der Waals surface area contributed by atoms with Crippen molar-refractivity contribution in [3.8, 4) is 11.8 Å². The quantitative estimate of drug-likeness (QED) is 0.546. The molecule has 0 fully saturated rings. The average molecular weight is 376 g/mol. The number of para-hydroxylation sites is 2. The second kappa shape index (κ2) is 8.34. The highest BCUT2D eigenvalue weighted by Gasteiger charge is 2.13. The number of hydrogen-bond donors (Lipinski definition) is 1. The highest BCUT2D eigenvalue weighted by Crippen LogP contribution is 2.20. The third kappa shape index (κ3) is 4.43. The van der Waals surface area contributed by atoms with Gasteiger partial charge in [-0.05, 0) is 31.2 Å². The molecule has 0 saturated heterocycles. The third-order valence-corrected chi connectivity index (χ3v) is 4.62. The van der Waals surface area contributed by atoms with Gasteiger partial charge in [0.25, 0.3) is 5.56 Å². The van der Waals surface area contributed by atoms with Crippen LogP contribution in [0.2, 0.25) is 0 Å². The van der Waals surface area contributed by atoms with Crippen molar-refractivity contribution >= 4 is 23.4 Å². The molecule has 6 nitrogen and oxygen atoms in total. The Bertz CT molecular complexity index is 1070. The van der Waals surface area contributed by atoms with Gasteiger partial charge in [0.05, 0.1) is 22.7 Å². The fourth-order valence-electron chi connectivity index (χ4n) is 2.49. The standard InChI is InChI=1S/C20H16N4O2S/c1-14-11-19(26)24(16-8-3-2-4-9-16)20(22-14)27-13-18(25)23-17-10-6-5-7-15(17)12-21/h2-11H,13H2,1H3,(H,23,25). The van der Waals surface area contributed by atoms with Crippen LogP contribution in [0.4, 0.5) is 5.69 Å². The molecule has 0 aliphatic rings. The second-order valence-electron chi connectivity index (χ2n) is 5.68. The molecule has 0 spiro atoms. The SMILES string of the molecule is Cc1cc(=O)n(-c2ccccc2)c(SCC(=O)Nc2ccccc2C#N)n1. The lowest BCUT2D eigenvalue weighted by Gasteiger charge is -2.12. The van der Waals surface area contributed by atoms with Gasteiger partial charge in [-0.2, -0.15) is 5.26 Å². The van der Waals surface area contributed by atoms with Gasteiger partial charge in [-0.3, -0.25) is 14.2 Å².